The maximum Gasteiger partial charge on any atom is 0.213 e. The van der Waals surface area contributed by atoms with E-state index in [1.165, 1.54) is 0 Å². The van der Waals surface area contributed by atoms with Crippen molar-refractivity contribution in [1.82, 2.24) is 15.0 Å². The van der Waals surface area contributed by atoms with Crippen molar-refractivity contribution in [1.29, 1.82) is 0 Å². The van der Waals surface area contributed by atoms with Crippen LogP contribution in [0.2, 0.25) is 0 Å². The van der Waals surface area contributed by atoms with Gasteiger partial charge in [-0.15, -0.1) is 0 Å². The number of pyridine rings is 1. The fraction of sp³-hybridized carbons (Fsp3) is 0.522. The Balaban J connectivity index is 2.07. The Morgan fingerprint density at radius 1 is 1.14 bits per heavy atom. The molecule has 3 rings (SSSR count). The first-order chi connectivity index (χ1) is 13.5. The van der Waals surface area contributed by atoms with Crippen LogP contribution in [0.25, 0.3) is 16.8 Å². The summed E-state index contributed by atoms with van der Waals surface area (Å²) in [5.41, 5.74) is 6.99. The van der Waals surface area contributed by atoms with E-state index in [4.69, 9.17) is 14.7 Å². The van der Waals surface area contributed by atoms with E-state index in [-0.39, 0.29) is 12.5 Å². The maximum atomic E-state index is 9.58. The lowest BCUT2D eigenvalue weighted by Crippen LogP contribution is -2.18. The molecule has 0 aliphatic heterocycles. The SMILES string of the molecule is CCOc1ccc(-c2nc3c(nc2C)CC([C@H](C)CO)CC=C3C)c(CC)n1. The van der Waals surface area contributed by atoms with Crippen molar-refractivity contribution >= 4 is 5.57 Å². The van der Waals surface area contributed by atoms with E-state index in [0.717, 1.165) is 58.9 Å². The Kier molecular flexibility index (Phi) is 6.45. The molecule has 5 nitrogen and oxygen atoms in total. The van der Waals surface area contributed by atoms with E-state index in [0.29, 0.717) is 18.4 Å². The molecule has 0 fully saturated rings. The van der Waals surface area contributed by atoms with Crippen molar-refractivity contribution in [2.24, 2.45) is 11.8 Å². The first-order valence-corrected chi connectivity index (χ1v) is 10.3. The first kappa shape index (κ1) is 20.5. The van der Waals surface area contributed by atoms with Gasteiger partial charge in [0.15, 0.2) is 0 Å². The molecule has 0 aromatic carbocycles. The van der Waals surface area contributed by atoms with Crippen molar-refractivity contribution in [3.63, 3.8) is 0 Å². The van der Waals surface area contributed by atoms with Crippen LogP contribution in [0.15, 0.2) is 18.2 Å². The summed E-state index contributed by atoms with van der Waals surface area (Å²) in [5.74, 6) is 1.29. The van der Waals surface area contributed by atoms with Gasteiger partial charge < -0.3 is 9.84 Å². The monoisotopic (exact) mass is 381 g/mol. The van der Waals surface area contributed by atoms with Crippen molar-refractivity contribution < 1.29 is 9.84 Å². The van der Waals surface area contributed by atoms with Crippen molar-refractivity contribution in [2.45, 2.75) is 53.9 Å². The van der Waals surface area contributed by atoms with Crippen molar-refractivity contribution in [3.05, 3.63) is 41.0 Å². The van der Waals surface area contributed by atoms with Gasteiger partial charge in [-0.25, -0.2) is 9.97 Å². The molecule has 150 valence electrons. The predicted octanol–water partition coefficient (Wildman–Crippen LogP) is 4.40. The zero-order chi connectivity index (χ0) is 20.3. The molecule has 1 aliphatic rings. The first-order valence-electron chi connectivity index (χ1n) is 10.3. The number of nitrogens with zero attached hydrogens (tertiary/aromatic N) is 3. The van der Waals surface area contributed by atoms with E-state index < -0.39 is 0 Å². The third kappa shape index (κ3) is 4.09. The second-order valence-corrected chi connectivity index (χ2v) is 7.63. The number of hydrogen-bond donors (Lipinski definition) is 1. The molecule has 0 saturated carbocycles. The highest BCUT2D eigenvalue weighted by molar-refractivity contribution is 5.70. The number of allylic oxidation sites excluding steroid dienone is 2. The van der Waals surface area contributed by atoms with Crippen LogP contribution in [0.5, 0.6) is 5.88 Å². The van der Waals surface area contributed by atoms with Gasteiger partial charge in [0.05, 0.1) is 35.1 Å². The highest BCUT2D eigenvalue weighted by Crippen LogP contribution is 2.33. The summed E-state index contributed by atoms with van der Waals surface area (Å²) in [6, 6.07) is 3.96. The average molecular weight is 382 g/mol. The quantitative estimate of drug-likeness (QED) is 0.803. The molecule has 0 amide bonds. The summed E-state index contributed by atoms with van der Waals surface area (Å²) >= 11 is 0. The lowest BCUT2D eigenvalue weighted by Gasteiger charge is -2.20. The highest BCUT2D eigenvalue weighted by atomic mass is 16.5. The fourth-order valence-electron chi connectivity index (χ4n) is 3.81. The van der Waals surface area contributed by atoms with Gasteiger partial charge in [0.1, 0.15) is 0 Å². The topological polar surface area (TPSA) is 68.1 Å². The lowest BCUT2D eigenvalue weighted by molar-refractivity contribution is 0.187. The number of aromatic nitrogens is 3. The Morgan fingerprint density at radius 3 is 2.61 bits per heavy atom. The summed E-state index contributed by atoms with van der Waals surface area (Å²) < 4.78 is 5.56. The normalized spacial score (nSPS) is 17.5. The zero-order valence-electron chi connectivity index (χ0n) is 17.6. The molecule has 2 atom stereocenters. The van der Waals surface area contributed by atoms with E-state index in [9.17, 15) is 5.11 Å². The van der Waals surface area contributed by atoms with Gasteiger partial charge in [-0.2, -0.15) is 0 Å². The van der Waals surface area contributed by atoms with Crippen LogP contribution in [0, 0.1) is 18.8 Å². The zero-order valence-corrected chi connectivity index (χ0v) is 17.6. The van der Waals surface area contributed by atoms with Crippen molar-refractivity contribution in [2.75, 3.05) is 13.2 Å². The number of ether oxygens (including phenoxy) is 1. The minimum atomic E-state index is 0.203. The van der Waals surface area contributed by atoms with Crippen LogP contribution in [0.1, 0.15) is 56.9 Å². The summed E-state index contributed by atoms with van der Waals surface area (Å²) in [7, 11) is 0. The fourth-order valence-corrected chi connectivity index (χ4v) is 3.81. The minimum Gasteiger partial charge on any atom is -0.478 e. The summed E-state index contributed by atoms with van der Waals surface area (Å²) in [5, 5.41) is 9.58. The summed E-state index contributed by atoms with van der Waals surface area (Å²) in [6.07, 6.45) is 4.85. The smallest absolute Gasteiger partial charge is 0.213 e. The molecule has 2 heterocycles. The Morgan fingerprint density at radius 2 is 1.93 bits per heavy atom. The Bertz CT molecular complexity index is 876. The van der Waals surface area contributed by atoms with Gasteiger partial charge in [0.2, 0.25) is 5.88 Å². The minimum absolute atomic E-state index is 0.203. The number of aliphatic hydroxyl groups is 1. The molecule has 5 heteroatoms. The number of rotatable bonds is 6. The Labute approximate surface area is 167 Å². The van der Waals surface area contributed by atoms with Crippen LogP contribution < -0.4 is 4.74 Å². The average Bonchev–Trinajstić information content (AvgIpc) is 2.85. The van der Waals surface area contributed by atoms with E-state index in [2.05, 4.69) is 31.8 Å². The standard InChI is InChI=1S/C23H31N3O2/c1-6-19-18(10-11-21(25-19)28-7-2)23-16(5)24-20-12-17(15(4)13-27)9-8-14(3)22(20)26-23/h8,10-11,15,17,27H,6-7,9,12-13H2,1-5H3/t15-,17?/m1/s1. The molecule has 1 unspecified atom stereocenters. The largest absolute Gasteiger partial charge is 0.478 e. The van der Waals surface area contributed by atoms with Crippen LogP contribution in [0.3, 0.4) is 0 Å². The molecule has 1 aliphatic carbocycles. The highest BCUT2D eigenvalue weighted by Gasteiger charge is 2.24. The van der Waals surface area contributed by atoms with Crippen LogP contribution >= 0.6 is 0 Å². The Hall–Kier alpha value is -2.27. The second kappa shape index (κ2) is 8.82. The van der Waals surface area contributed by atoms with Gasteiger partial charge in [0, 0.05) is 18.2 Å². The molecule has 0 bridgehead atoms. The third-order valence-corrected chi connectivity index (χ3v) is 5.62. The molecule has 0 saturated heterocycles. The number of fused-ring (bicyclic) bond motifs is 1. The molecule has 0 radical (unpaired) electrons. The molecule has 2 aromatic rings. The van der Waals surface area contributed by atoms with Gasteiger partial charge in [-0.1, -0.05) is 19.9 Å². The second-order valence-electron chi connectivity index (χ2n) is 7.63. The number of aliphatic hydroxyl groups excluding tert-OH is 1. The third-order valence-electron chi connectivity index (χ3n) is 5.62. The maximum absolute atomic E-state index is 9.58. The van der Waals surface area contributed by atoms with Gasteiger partial charge in [0.25, 0.3) is 0 Å². The van der Waals surface area contributed by atoms with Crippen LogP contribution in [0.4, 0.5) is 0 Å². The van der Waals surface area contributed by atoms with Crippen LogP contribution in [-0.2, 0) is 12.8 Å². The van der Waals surface area contributed by atoms with Gasteiger partial charge in [-0.05, 0) is 63.5 Å². The van der Waals surface area contributed by atoms with Gasteiger partial charge in [-0.3, -0.25) is 4.98 Å². The summed E-state index contributed by atoms with van der Waals surface area (Å²) in [4.78, 5) is 14.7. The lowest BCUT2D eigenvalue weighted by atomic mass is 9.88. The van der Waals surface area contributed by atoms with E-state index in [1.54, 1.807) is 0 Å². The predicted molar refractivity (Wildman–Crippen MR) is 112 cm³/mol. The van der Waals surface area contributed by atoms with Crippen LogP contribution in [-0.4, -0.2) is 33.3 Å². The number of hydrogen-bond acceptors (Lipinski definition) is 5. The van der Waals surface area contributed by atoms with Gasteiger partial charge >= 0.3 is 0 Å². The molecular weight excluding hydrogens is 350 g/mol. The van der Waals surface area contributed by atoms with E-state index >= 15 is 0 Å². The molecule has 28 heavy (non-hydrogen) atoms. The molecule has 0 spiro atoms. The van der Waals surface area contributed by atoms with Crippen molar-refractivity contribution in [3.8, 4) is 17.1 Å². The molecular formula is C23H31N3O2. The number of aryl methyl sites for hydroxylation is 2. The molecule has 1 N–H and O–H groups in total. The molecule has 2 aromatic heterocycles. The van der Waals surface area contributed by atoms with E-state index in [1.807, 2.05) is 26.0 Å². The summed E-state index contributed by atoms with van der Waals surface area (Å²) in [6.45, 7) is 11.1.